The van der Waals surface area contributed by atoms with E-state index >= 15 is 0 Å². The van der Waals surface area contributed by atoms with Crippen LogP contribution in [0.2, 0.25) is 0 Å². The molecule has 4 atom stereocenters. The summed E-state index contributed by atoms with van der Waals surface area (Å²) in [7, 11) is 0. The Hall–Kier alpha value is -3.27. The molecule has 0 aliphatic heterocycles. The summed E-state index contributed by atoms with van der Waals surface area (Å²) in [6, 6.07) is 25.0. The minimum Gasteiger partial charge on any atom is -0.481 e. The molecule has 2 aliphatic carbocycles. The fraction of sp³-hybridized carbons (Fsp3) is 0.424. The number of carbonyl (C=O) groups excluding carboxylic acids is 1. The number of hydrogen-bond acceptors (Lipinski definition) is 5. The number of rotatable bonds is 9. The minimum absolute atomic E-state index is 0.213. The lowest BCUT2D eigenvalue weighted by Crippen LogP contribution is -2.51. The number of ether oxygens (including phenoxy) is 3. The summed E-state index contributed by atoms with van der Waals surface area (Å²) in [5.41, 5.74) is 2.33. The van der Waals surface area contributed by atoms with Gasteiger partial charge in [0.15, 0.2) is 6.10 Å². The van der Waals surface area contributed by atoms with Crippen LogP contribution in [0, 0.1) is 0 Å². The lowest BCUT2D eigenvalue weighted by atomic mass is 9.90. The van der Waals surface area contributed by atoms with Gasteiger partial charge >= 0.3 is 0 Å². The molecular formula is C33H36F4O5. The Balaban J connectivity index is 0.000000208. The highest BCUT2D eigenvalue weighted by molar-refractivity contribution is 5.74. The molecule has 0 radical (unpaired) electrons. The molecule has 0 aromatic heterocycles. The van der Waals surface area contributed by atoms with Gasteiger partial charge in [-0.1, -0.05) is 60.7 Å². The van der Waals surface area contributed by atoms with Gasteiger partial charge in [0.25, 0.3) is 11.8 Å². The molecule has 3 aromatic rings. The van der Waals surface area contributed by atoms with Crippen LogP contribution in [0.15, 0.2) is 84.9 Å². The molecular weight excluding hydrogens is 552 g/mol. The molecule has 1 N–H and O–H groups in total. The van der Waals surface area contributed by atoms with Crippen molar-refractivity contribution in [2.75, 3.05) is 0 Å². The highest BCUT2D eigenvalue weighted by Gasteiger charge is 2.50. The van der Waals surface area contributed by atoms with Gasteiger partial charge in [-0.05, 0) is 61.1 Å². The Kier molecular flexibility index (Phi) is 11.1. The number of aliphatic hydroxyl groups excluding tert-OH is 1. The number of aliphatic hydroxyl groups is 1. The molecule has 5 nitrogen and oxygen atoms in total. The molecule has 3 aromatic carbocycles. The third kappa shape index (κ3) is 8.86. The van der Waals surface area contributed by atoms with Crippen molar-refractivity contribution in [3.05, 3.63) is 102 Å². The van der Waals surface area contributed by atoms with Crippen LogP contribution in [-0.2, 0) is 22.7 Å². The molecule has 9 heteroatoms. The maximum Gasteiger partial charge on any atom is 0.286 e. The zero-order chi connectivity index (χ0) is 30.0. The second-order valence-electron chi connectivity index (χ2n) is 10.6. The summed E-state index contributed by atoms with van der Waals surface area (Å²) in [5, 5.41) is 9.50. The van der Waals surface area contributed by atoms with E-state index in [1.165, 1.54) is 12.1 Å². The fourth-order valence-corrected chi connectivity index (χ4v) is 5.06. The number of aldehydes is 1. The van der Waals surface area contributed by atoms with E-state index in [0.29, 0.717) is 43.3 Å². The molecule has 0 bridgehead atoms. The van der Waals surface area contributed by atoms with Crippen molar-refractivity contribution in [3.63, 3.8) is 0 Å². The molecule has 2 saturated carbocycles. The summed E-state index contributed by atoms with van der Waals surface area (Å²) in [6.07, 6.45) is -2.43. The quantitative estimate of drug-likeness (QED) is 0.208. The van der Waals surface area contributed by atoms with Gasteiger partial charge in [0, 0.05) is 18.4 Å². The molecule has 5 rings (SSSR count). The Labute approximate surface area is 243 Å². The van der Waals surface area contributed by atoms with E-state index in [9.17, 15) is 27.5 Å². The zero-order valence-corrected chi connectivity index (χ0v) is 23.2. The first kappa shape index (κ1) is 31.7. The van der Waals surface area contributed by atoms with Crippen molar-refractivity contribution < 1.29 is 41.7 Å². The second-order valence-corrected chi connectivity index (χ2v) is 10.6. The SMILES string of the molecule is O=Cc1ccc(OC2C(OCc3ccccc3)CCCC2(F)F)cc1.OC1C(OCc2ccccc2)CCCC1(F)F. The summed E-state index contributed by atoms with van der Waals surface area (Å²) < 4.78 is 72.1. The van der Waals surface area contributed by atoms with Crippen molar-refractivity contribution in [3.8, 4) is 5.75 Å². The van der Waals surface area contributed by atoms with Crippen molar-refractivity contribution in [2.45, 2.75) is 88.0 Å². The summed E-state index contributed by atoms with van der Waals surface area (Å²) in [6.45, 7) is 0.532. The maximum absolute atomic E-state index is 14.4. The van der Waals surface area contributed by atoms with Crippen LogP contribution in [0.4, 0.5) is 17.6 Å². The van der Waals surface area contributed by atoms with Crippen molar-refractivity contribution in [1.82, 2.24) is 0 Å². The molecule has 0 spiro atoms. The van der Waals surface area contributed by atoms with Crippen LogP contribution in [0.5, 0.6) is 5.75 Å². The molecule has 2 fully saturated rings. The highest BCUT2D eigenvalue weighted by Crippen LogP contribution is 2.38. The van der Waals surface area contributed by atoms with Gasteiger partial charge in [-0.15, -0.1) is 0 Å². The fourth-order valence-electron chi connectivity index (χ4n) is 5.06. The number of halogens is 4. The van der Waals surface area contributed by atoms with Crippen LogP contribution in [0.25, 0.3) is 0 Å². The average molecular weight is 589 g/mol. The van der Waals surface area contributed by atoms with Crippen LogP contribution in [0.1, 0.15) is 60.0 Å². The van der Waals surface area contributed by atoms with Gasteiger partial charge in [0.05, 0.1) is 19.3 Å². The van der Waals surface area contributed by atoms with Gasteiger partial charge in [-0.3, -0.25) is 4.79 Å². The second kappa shape index (κ2) is 14.8. The molecule has 2 aliphatic rings. The molecule has 226 valence electrons. The van der Waals surface area contributed by atoms with Crippen molar-refractivity contribution in [1.29, 1.82) is 0 Å². The van der Waals surface area contributed by atoms with Crippen molar-refractivity contribution >= 4 is 6.29 Å². The first-order valence-corrected chi connectivity index (χ1v) is 14.1. The zero-order valence-electron chi connectivity index (χ0n) is 23.2. The predicted octanol–water partition coefficient (Wildman–Crippen LogP) is 7.40. The van der Waals surface area contributed by atoms with Gasteiger partial charge in [0.2, 0.25) is 0 Å². The van der Waals surface area contributed by atoms with E-state index < -0.39 is 36.3 Å². The van der Waals surface area contributed by atoms with E-state index in [1.807, 2.05) is 60.7 Å². The number of alkyl halides is 4. The number of carbonyl (C=O) groups is 1. The predicted molar refractivity (Wildman–Crippen MR) is 150 cm³/mol. The van der Waals surface area contributed by atoms with Gasteiger partial charge in [-0.2, -0.15) is 0 Å². The number of hydrogen-bond donors (Lipinski definition) is 1. The molecule has 0 amide bonds. The monoisotopic (exact) mass is 588 g/mol. The Bertz CT molecular complexity index is 1220. The Morgan fingerprint density at radius 3 is 1.76 bits per heavy atom. The standard InChI is InChI=1S/C20H20F2O3.C13H16F2O2/c21-20(22)12-4-7-18(24-14-16-5-2-1-3-6-16)19(20)25-17-10-8-15(13-23)9-11-17;14-13(15)8-4-7-11(12(13)16)17-9-10-5-2-1-3-6-10/h1-3,5-6,8-11,13,18-19H,4,7,12,14H2;1-3,5-6,11-12,16H,4,7-9H2. The minimum atomic E-state index is -3.01. The van der Waals surface area contributed by atoms with Crippen LogP contribution in [0.3, 0.4) is 0 Å². The van der Waals surface area contributed by atoms with E-state index in [0.717, 1.165) is 11.1 Å². The van der Waals surface area contributed by atoms with E-state index in [4.69, 9.17) is 14.2 Å². The van der Waals surface area contributed by atoms with Crippen LogP contribution >= 0.6 is 0 Å². The number of benzene rings is 3. The van der Waals surface area contributed by atoms with E-state index in [1.54, 1.807) is 12.1 Å². The average Bonchev–Trinajstić information content (AvgIpc) is 3.00. The smallest absolute Gasteiger partial charge is 0.286 e. The largest absolute Gasteiger partial charge is 0.481 e. The van der Waals surface area contributed by atoms with Gasteiger partial charge in [-0.25, -0.2) is 17.6 Å². The van der Waals surface area contributed by atoms with Crippen LogP contribution in [-0.4, -0.2) is 47.7 Å². The van der Waals surface area contributed by atoms with Crippen molar-refractivity contribution in [2.24, 2.45) is 0 Å². The molecule has 4 unspecified atom stereocenters. The van der Waals surface area contributed by atoms with E-state index in [-0.39, 0.29) is 26.1 Å². The van der Waals surface area contributed by atoms with Gasteiger partial charge in [0.1, 0.15) is 24.2 Å². The lowest BCUT2D eigenvalue weighted by molar-refractivity contribution is -0.191. The normalized spacial score (nSPS) is 24.6. The Morgan fingerprint density at radius 1 is 0.714 bits per heavy atom. The third-order valence-electron chi connectivity index (χ3n) is 7.43. The van der Waals surface area contributed by atoms with Crippen LogP contribution < -0.4 is 4.74 Å². The first-order valence-electron chi connectivity index (χ1n) is 14.1. The summed E-state index contributed by atoms with van der Waals surface area (Å²) in [5.74, 6) is -5.66. The Morgan fingerprint density at radius 2 is 1.21 bits per heavy atom. The summed E-state index contributed by atoms with van der Waals surface area (Å²) in [4.78, 5) is 10.7. The topological polar surface area (TPSA) is 65.0 Å². The lowest BCUT2D eigenvalue weighted by Gasteiger charge is -2.37. The molecule has 0 saturated heterocycles. The third-order valence-corrected chi connectivity index (χ3v) is 7.43. The van der Waals surface area contributed by atoms with Gasteiger partial charge < -0.3 is 19.3 Å². The summed E-state index contributed by atoms with van der Waals surface area (Å²) >= 11 is 0. The molecule has 0 heterocycles. The molecule has 42 heavy (non-hydrogen) atoms. The highest BCUT2D eigenvalue weighted by atomic mass is 19.3. The first-order chi connectivity index (χ1) is 20.2. The van der Waals surface area contributed by atoms with E-state index in [2.05, 4.69) is 0 Å². The maximum atomic E-state index is 14.4.